The third-order valence-corrected chi connectivity index (χ3v) is 2.61. The van der Waals surface area contributed by atoms with Gasteiger partial charge < -0.3 is 15.2 Å². The first-order valence-corrected chi connectivity index (χ1v) is 5.88. The highest BCUT2D eigenvalue weighted by atomic mass is 16.5. The highest BCUT2D eigenvalue weighted by Gasteiger charge is 2.20. The van der Waals surface area contributed by atoms with E-state index in [0.717, 1.165) is 0 Å². The predicted molar refractivity (Wildman–Crippen MR) is 70.1 cm³/mol. The van der Waals surface area contributed by atoms with Crippen LogP contribution in [0.15, 0.2) is 18.3 Å². The highest BCUT2D eigenvalue weighted by Crippen LogP contribution is 2.19. The van der Waals surface area contributed by atoms with E-state index in [0.29, 0.717) is 17.8 Å². The normalized spacial score (nSPS) is 10.9. The second-order valence-electron chi connectivity index (χ2n) is 4.82. The minimum Gasteiger partial charge on any atom is -0.481 e. The van der Waals surface area contributed by atoms with Crippen LogP contribution in [0.2, 0.25) is 0 Å². The van der Waals surface area contributed by atoms with Gasteiger partial charge in [-0.3, -0.25) is 4.79 Å². The average Bonchev–Trinajstić information content (AvgIpc) is 2.35. The fraction of sp³-hybridized carbons (Fsp3) is 0.462. The number of methoxy groups -OCH3 is 1. The fourth-order valence-electron chi connectivity index (χ4n) is 1.57. The Labute approximate surface area is 111 Å². The molecule has 1 heterocycles. The standard InChI is InChI=1S/C13H18N2O4/c1-13(2,6-4-11(16)17)15-10-8-9(5-7-14-10)12(18)19-3/h5,7-8H,4,6H2,1-3H3,(H,14,15)(H,16,17). The van der Waals surface area contributed by atoms with E-state index < -0.39 is 17.5 Å². The second-order valence-corrected chi connectivity index (χ2v) is 4.82. The molecule has 2 N–H and O–H groups in total. The molecule has 0 spiro atoms. The molecule has 104 valence electrons. The monoisotopic (exact) mass is 266 g/mol. The van der Waals surface area contributed by atoms with Crippen molar-refractivity contribution in [2.75, 3.05) is 12.4 Å². The lowest BCUT2D eigenvalue weighted by atomic mass is 9.98. The lowest BCUT2D eigenvalue weighted by molar-refractivity contribution is -0.137. The molecule has 0 fully saturated rings. The molecule has 0 aliphatic heterocycles. The van der Waals surface area contributed by atoms with Crippen LogP contribution in [0.4, 0.5) is 5.82 Å². The van der Waals surface area contributed by atoms with Gasteiger partial charge in [-0.1, -0.05) is 0 Å². The number of rotatable bonds is 6. The SMILES string of the molecule is COC(=O)c1ccnc(NC(C)(C)CCC(=O)O)c1. The fourth-order valence-corrected chi connectivity index (χ4v) is 1.57. The number of esters is 1. The Kier molecular flexibility index (Phi) is 4.86. The molecular formula is C13H18N2O4. The van der Waals surface area contributed by atoms with Crippen molar-refractivity contribution in [2.24, 2.45) is 0 Å². The Hall–Kier alpha value is -2.11. The minimum atomic E-state index is -0.842. The van der Waals surface area contributed by atoms with Crippen LogP contribution in [0.1, 0.15) is 37.0 Å². The van der Waals surface area contributed by atoms with E-state index in [2.05, 4.69) is 15.0 Å². The average molecular weight is 266 g/mol. The summed E-state index contributed by atoms with van der Waals surface area (Å²) in [6.07, 6.45) is 2.02. The summed E-state index contributed by atoms with van der Waals surface area (Å²) in [5.74, 6) is -0.766. The van der Waals surface area contributed by atoms with Crippen molar-refractivity contribution in [1.82, 2.24) is 4.98 Å². The number of pyridine rings is 1. The number of carboxylic acid groups (broad SMARTS) is 1. The van der Waals surface area contributed by atoms with E-state index in [4.69, 9.17) is 5.11 Å². The maximum Gasteiger partial charge on any atom is 0.338 e. The quantitative estimate of drug-likeness (QED) is 0.765. The number of anilines is 1. The highest BCUT2D eigenvalue weighted by molar-refractivity contribution is 5.90. The van der Waals surface area contributed by atoms with Gasteiger partial charge in [0.15, 0.2) is 0 Å². The van der Waals surface area contributed by atoms with Gasteiger partial charge in [-0.05, 0) is 32.4 Å². The van der Waals surface area contributed by atoms with Crippen molar-refractivity contribution in [3.8, 4) is 0 Å². The predicted octanol–water partition coefficient (Wildman–Crippen LogP) is 1.92. The lowest BCUT2D eigenvalue weighted by Gasteiger charge is -2.26. The Bertz CT molecular complexity index is 471. The van der Waals surface area contributed by atoms with E-state index in [1.54, 1.807) is 12.1 Å². The third kappa shape index (κ3) is 4.95. The number of hydrogen-bond acceptors (Lipinski definition) is 5. The number of hydrogen-bond donors (Lipinski definition) is 2. The van der Waals surface area contributed by atoms with Crippen LogP contribution in [0, 0.1) is 0 Å². The van der Waals surface area contributed by atoms with Gasteiger partial charge in [-0.2, -0.15) is 0 Å². The molecule has 1 rings (SSSR count). The van der Waals surface area contributed by atoms with E-state index in [1.807, 2.05) is 13.8 Å². The molecule has 1 aromatic rings. The van der Waals surface area contributed by atoms with Gasteiger partial charge in [0.05, 0.1) is 12.7 Å². The van der Waals surface area contributed by atoms with Crippen LogP contribution >= 0.6 is 0 Å². The summed E-state index contributed by atoms with van der Waals surface area (Å²) >= 11 is 0. The number of carbonyl (C=O) groups excluding carboxylic acids is 1. The van der Waals surface area contributed by atoms with E-state index >= 15 is 0 Å². The Morgan fingerprint density at radius 2 is 2.16 bits per heavy atom. The molecule has 0 amide bonds. The van der Waals surface area contributed by atoms with Crippen molar-refractivity contribution in [2.45, 2.75) is 32.2 Å². The topological polar surface area (TPSA) is 88.5 Å². The van der Waals surface area contributed by atoms with E-state index in [9.17, 15) is 9.59 Å². The van der Waals surface area contributed by atoms with Gasteiger partial charge in [-0.15, -0.1) is 0 Å². The summed E-state index contributed by atoms with van der Waals surface area (Å²) < 4.78 is 4.63. The van der Waals surface area contributed by atoms with E-state index in [1.165, 1.54) is 13.3 Å². The molecule has 0 bridgehead atoms. The first kappa shape index (κ1) is 14.9. The summed E-state index contributed by atoms with van der Waals surface area (Å²) in [5, 5.41) is 11.8. The van der Waals surface area contributed by atoms with Gasteiger partial charge in [0.2, 0.25) is 0 Å². The smallest absolute Gasteiger partial charge is 0.338 e. The number of carboxylic acids is 1. The number of carbonyl (C=O) groups is 2. The number of aromatic nitrogens is 1. The molecule has 0 unspecified atom stereocenters. The maximum atomic E-state index is 11.4. The summed E-state index contributed by atoms with van der Waals surface area (Å²) in [5.41, 5.74) is -0.0332. The van der Waals surface area contributed by atoms with Crippen molar-refractivity contribution < 1.29 is 19.4 Å². The van der Waals surface area contributed by atoms with Gasteiger partial charge in [0.1, 0.15) is 5.82 Å². The van der Waals surface area contributed by atoms with Crippen LogP contribution in [-0.2, 0) is 9.53 Å². The number of nitrogens with one attached hydrogen (secondary N) is 1. The third-order valence-electron chi connectivity index (χ3n) is 2.61. The van der Waals surface area contributed by atoms with Crippen molar-refractivity contribution in [1.29, 1.82) is 0 Å². The number of nitrogens with zero attached hydrogens (tertiary/aromatic N) is 1. The summed E-state index contributed by atoms with van der Waals surface area (Å²) in [7, 11) is 1.31. The summed E-state index contributed by atoms with van der Waals surface area (Å²) in [6, 6.07) is 3.13. The first-order chi connectivity index (χ1) is 8.84. The molecular weight excluding hydrogens is 248 g/mol. The number of ether oxygens (including phenoxy) is 1. The van der Waals surface area contributed by atoms with Crippen LogP contribution in [0.3, 0.4) is 0 Å². The Morgan fingerprint density at radius 3 is 2.74 bits per heavy atom. The Morgan fingerprint density at radius 1 is 1.47 bits per heavy atom. The molecule has 6 heteroatoms. The van der Waals surface area contributed by atoms with Crippen LogP contribution < -0.4 is 5.32 Å². The molecule has 0 saturated carbocycles. The van der Waals surface area contributed by atoms with Crippen LogP contribution in [-0.4, -0.2) is 34.7 Å². The minimum absolute atomic E-state index is 0.0662. The molecule has 19 heavy (non-hydrogen) atoms. The van der Waals surface area contributed by atoms with Gasteiger partial charge >= 0.3 is 11.9 Å². The van der Waals surface area contributed by atoms with Crippen molar-refractivity contribution in [3.05, 3.63) is 23.9 Å². The second kappa shape index (κ2) is 6.17. The zero-order valence-corrected chi connectivity index (χ0v) is 11.3. The molecule has 0 aliphatic rings. The maximum absolute atomic E-state index is 11.4. The Balaban J connectivity index is 2.75. The molecule has 0 aromatic carbocycles. The van der Waals surface area contributed by atoms with Crippen LogP contribution in [0.25, 0.3) is 0 Å². The number of aliphatic carboxylic acids is 1. The van der Waals surface area contributed by atoms with Gasteiger partial charge in [0, 0.05) is 18.2 Å². The van der Waals surface area contributed by atoms with Crippen molar-refractivity contribution >= 4 is 17.8 Å². The van der Waals surface area contributed by atoms with Crippen LogP contribution in [0.5, 0.6) is 0 Å². The van der Waals surface area contributed by atoms with E-state index in [-0.39, 0.29) is 6.42 Å². The lowest BCUT2D eigenvalue weighted by Crippen LogP contribution is -2.32. The molecule has 0 saturated heterocycles. The molecule has 1 aromatic heterocycles. The summed E-state index contributed by atoms with van der Waals surface area (Å²) in [6.45, 7) is 3.75. The molecule has 0 atom stereocenters. The molecule has 0 aliphatic carbocycles. The van der Waals surface area contributed by atoms with Gasteiger partial charge in [0.25, 0.3) is 0 Å². The zero-order chi connectivity index (χ0) is 14.5. The molecule has 6 nitrogen and oxygen atoms in total. The van der Waals surface area contributed by atoms with Gasteiger partial charge in [-0.25, -0.2) is 9.78 Å². The first-order valence-electron chi connectivity index (χ1n) is 5.88. The summed E-state index contributed by atoms with van der Waals surface area (Å²) in [4.78, 5) is 26.1. The molecule has 0 radical (unpaired) electrons. The largest absolute Gasteiger partial charge is 0.481 e. The zero-order valence-electron chi connectivity index (χ0n) is 11.3. The van der Waals surface area contributed by atoms with Crippen molar-refractivity contribution in [3.63, 3.8) is 0 Å².